The van der Waals surface area contributed by atoms with Crippen molar-refractivity contribution in [2.45, 2.75) is 25.2 Å². The second-order valence-electron chi connectivity index (χ2n) is 4.94. The van der Waals surface area contributed by atoms with Gasteiger partial charge in [-0.3, -0.25) is 9.59 Å². The van der Waals surface area contributed by atoms with Gasteiger partial charge in [0.2, 0.25) is 5.91 Å². The SMILES string of the molecule is O=C(O)CCC(=O)Nc1cc(OCC(F)(F)F)cc(OCC(F)(F)F)c1. The minimum Gasteiger partial charge on any atom is -0.484 e. The predicted octanol–water partition coefficient (Wildman–Crippen LogP) is 3.37. The third-order valence-electron chi connectivity index (χ3n) is 2.53. The van der Waals surface area contributed by atoms with E-state index in [4.69, 9.17) is 5.11 Å². The highest BCUT2D eigenvalue weighted by molar-refractivity contribution is 5.92. The average molecular weight is 389 g/mol. The molecular weight excluding hydrogens is 376 g/mol. The second kappa shape index (κ2) is 8.63. The van der Waals surface area contributed by atoms with Crippen LogP contribution in [0.3, 0.4) is 0 Å². The summed E-state index contributed by atoms with van der Waals surface area (Å²) in [6, 6.07) is 2.67. The molecule has 0 spiro atoms. The van der Waals surface area contributed by atoms with Gasteiger partial charge in [0.15, 0.2) is 13.2 Å². The van der Waals surface area contributed by atoms with Crippen LogP contribution in [0.5, 0.6) is 11.5 Å². The Balaban J connectivity index is 2.91. The number of ether oxygens (including phenoxy) is 2. The molecule has 1 aromatic rings. The standard InChI is InChI=1S/C14H13F6NO5/c15-13(16,17)6-25-9-3-8(21-11(22)1-2-12(23)24)4-10(5-9)26-7-14(18,19)20/h3-5H,1-2,6-7H2,(H,21,22)(H,23,24). The zero-order chi connectivity index (χ0) is 20.0. The summed E-state index contributed by atoms with van der Waals surface area (Å²) < 4.78 is 82.1. The molecule has 12 heteroatoms. The van der Waals surface area contributed by atoms with Crippen molar-refractivity contribution in [3.05, 3.63) is 18.2 Å². The molecular formula is C14H13F6NO5. The number of carbonyl (C=O) groups is 2. The Hall–Kier alpha value is -2.66. The molecule has 6 nitrogen and oxygen atoms in total. The lowest BCUT2D eigenvalue weighted by atomic mass is 10.2. The molecule has 0 aliphatic heterocycles. The third kappa shape index (κ3) is 9.59. The number of alkyl halides is 6. The monoisotopic (exact) mass is 389 g/mol. The molecule has 1 aromatic carbocycles. The van der Waals surface area contributed by atoms with Crippen LogP contribution in [0.4, 0.5) is 32.0 Å². The van der Waals surface area contributed by atoms with E-state index < -0.39 is 61.8 Å². The number of carboxylic acids is 1. The lowest BCUT2D eigenvalue weighted by Crippen LogP contribution is -2.20. The van der Waals surface area contributed by atoms with Crippen LogP contribution >= 0.6 is 0 Å². The average Bonchev–Trinajstić information content (AvgIpc) is 2.47. The number of hydrogen-bond donors (Lipinski definition) is 2. The Bertz CT molecular complexity index is 607. The first-order chi connectivity index (χ1) is 11.8. The van der Waals surface area contributed by atoms with Crippen LogP contribution in [0.25, 0.3) is 0 Å². The largest absolute Gasteiger partial charge is 0.484 e. The molecule has 0 radical (unpaired) electrons. The maximum absolute atomic E-state index is 12.2. The van der Waals surface area contributed by atoms with Crippen molar-refractivity contribution < 1.29 is 50.5 Å². The number of halogens is 6. The quantitative estimate of drug-likeness (QED) is 0.666. The summed E-state index contributed by atoms with van der Waals surface area (Å²) in [5, 5.41) is 10.6. The van der Waals surface area contributed by atoms with Crippen molar-refractivity contribution in [3.63, 3.8) is 0 Å². The fraction of sp³-hybridized carbons (Fsp3) is 0.429. The van der Waals surface area contributed by atoms with Gasteiger partial charge in [0.25, 0.3) is 0 Å². The van der Waals surface area contributed by atoms with Crippen molar-refractivity contribution in [2.24, 2.45) is 0 Å². The van der Waals surface area contributed by atoms with Gasteiger partial charge in [0.05, 0.1) is 6.42 Å². The second-order valence-corrected chi connectivity index (χ2v) is 4.94. The van der Waals surface area contributed by atoms with Gasteiger partial charge in [0.1, 0.15) is 11.5 Å². The van der Waals surface area contributed by atoms with E-state index in [-0.39, 0.29) is 5.69 Å². The third-order valence-corrected chi connectivity index (χ3v) is 2.53. The van der Waals surface area contributed by atoms with Crippen LogP contribution in [-0.2, 0) is 9.59 Å². The molecule has 0 saturated carbocycles. The van der Waals surface area contributed by atoms with E-state index >= 15 is 0 Å². The molecule has 0 saturated heterocycles. The Labute approximate surface area is 142 Å². The minimum atomic E-state index is -4.69. The molecule has 1 rings (SSSR count). The van der Waals surface area contributed by atoms with Crippen molar-refractivity contribution >= 4 is 17.6 Å². The number of amides is 1. The highest BCUT2D eigenvalue weighted by Crippen LogP contribution is 2.29. The lowest BCUT2D eigenvalue weighted by Gasteiger charge is -2.14. The normalized spacial score (nSPS) is 11.8. The molecule has 0 aliphatic rings. The summed E-state index contributed by atoms with van der Waals surface area (Å²) >= 11 is 0. The van der Waals surface area contributed by atoms with Gasteiger partial charge in [-0.25, -0.2) is 0 Å². The molecule has 26 heavy (non-hydrogen) atoms. The molecule has 0 atom stereocenters. The molecule has 0 unspecified atom stereocenters. The summed E-state index contributed by atoms with van der Waals surface area (Å²) in [4.78, 5) is 21.9. The lowest BCUT2D eigenvalue weighted by molar-refractivity contribution is -0.154. The topological polar surface area (TPSA) is 84.9 Å². The van der Waals surface area contributed by atoms with Crippen molar-refractivity contribution in [2.75, 3.05) is 18.5 Å². The van der Waals surface area contributed by atoms with Gasteiger partial charge < -0.3 is 19.9 Å². The van der Waals surface area contributed by atoms with E-state index in [2.05, 4.69) is 14.8 Å². The molecule has 0 aliphatic carbocycles. The van der Waals surface area contributed by atoms with E-state index in [1.54, 1.807) is 0 Å². The maximum atomic E-state index is 12.2. The summed E-state index contributed by atoms with van der Waals surface area (Å²) in [6.45, 7) is -3.41. The van der Waals surface area contributed by atoms with Crippen LogP contribution in [0.15, 0.2) is 18.2 Å². The van der Waals surface area contributed by atoms with Crippen molar-refractivity contribution in [1.82, 2.24) is 0 Å². The van der Waals surface area contributed by atoms with Crippen molar-refractivity contribution in [3.8, 4) is 11.5 Å². The molecule has 0 bridgehead atoms. The maximum Gasteiger partial charge on any atom is 0.422 e. The Morgan fingerprint density at radius 3 is 1.73 bits per heavy atom. The summed E-state index contributed by atoms with van der Waals surface area (Å²) in [6.07, 6.45) is -10.3. The first kappa shape index (κ1) is 21.4. The highest BCUT2D eigenvalue weighted by Gasteiger charge is 2.30. The van der Waals surface area contributed by atoms with Gasteiger partial charge in [-0.2, -0.15) is 26.3 Å². The number of anilines is 1. The van der Waals surface area contributed by atoms with Crippen LogP contribution < -0.4 is 14.8 Å². The zero-order valence-corrected chi connectivity index (χ0v) is 12.9. The van der Waals surface area contributed by atoms with E-state index in [1.807, 2.05) is 0 Å². The van der Waals surface area contributed by atoms with Crippen LogP contribution in [0, 0.1) is 0 Å². The van der Waals surface area contributed by atoms with Crippen LogP contribution in [-0.4, -0.2) is 42.5 Å². The fourth-order valence-corrected chi connectivity index (χ4v) is 1.58. The summed E-state index contributed by atoms with van der Waals surface area (Å²) in [7, 11) is 0. The zero-order valence-electron chi connectivity index (χ0n) is 12.9. The first-order valence-electron chi connectivity index (χ1n) is 6.90. The number of rotatable bonds is 8. The molecule has 2 N–H and O–H groups in total. The number of carboxylic acid groups (broad SMARTS) is 1. The Morgan fingerprint density at radius 2 is 1.35 bits per heavy atom. The van der Waals surface area contributed by atoms with E-state index in [9.17, 15) is 35.9 Å². The number of nitrogens with one attached hydrogen (secondary N) is 1. The molecule has 146 valence electrons. The first-order valence-corrected chi connectivity index (χ1v) is 6.90. The van der Waals surface area contributed by atoms with Gasteiger partial charge in [-0.05, 0) is 0 Å². The Kier molecular flexibility index (Phi) is 7.10. The Morgan fingerprint density at radius 1 is 0.885 bits per heavy atom. The number of carbonyl (C=O) groups excluding carboxylic acids is 1. The smallest absolute Gasteiger partial charge is 0.422 e. The van der Waals surface area contributed by atoms with Crippen LogP contribution in [0.1, 0.15) is 12.8 Å². The number of benzene rings is 1. The van der Waals surface area contributed by atoms with E-state index in [1.165, 1.54) is 0 Å². The van der Waals surface area contributed by atoms with Crippen molar-refractivity contribution in [1.29, 1.82) is 0 Å². The van der Waals surface area contributed by atoms with Gasteiger partial charge >= 0.3 is 18.3 Å². The fourth-order valence-electron chi connectivity index (χ4n) is 1.58. The summed E-state index contributed by atoms with van der Waals surface area (Å²) in [5.74, 6) is -3.04. The number of aliphatic carboxylic acids is 1. The van der Waals surface area contributed by atoms with Gasteiger partial charge in [-0.1, -0.05) is 0 Å². The molecule has 0 fully saturated rings. The van der Waals surface area contributed by atoms with Gasteiger partial charge in [0, 0.05) is 30.3 Å². The van der Waals surface area contributed by atoms with Gasteiger partial charge in [-0.15, -0.1) is 0 Å². The predicted molar refractivity (Wildman–Crippen MR) is 75.0 cm³/mol. The molecule has 0 aromatic heterocycles. The summed E-state index contributed by atoms with van der Waals surface area (Å²) in [5.41, 5.74) is -0.211. The number of hydrogen-bond acceptors (Lipinski definition) is 4. The molecule has 0 heterocycles. The minimum absolute atomic E-state index is 0.211. The van der Waals surface area contributed by atoms with E-state index in [0.29, 0.717) is 0 Å². The molecule has 1 amide bonds. The van der Waals surface area contributed by atoms with Crippen LogP contribution in [0.2, 0.25) is 0 Å². The highest BCUT2D eigenvalue weighted by atomic mass is 19.4. The van der Waals surface area contributed by atoms with E-state index in [0.717, 1.165) is 18.2 Å².